The van der Waals surface area contributed by atoms with Crippen molar-refractivity contribution in [2.45, 2.75) is 222 Å². The third kappa shape index (κ3) is 66.5. The van der Waals surface area contributed by atoms with Crippen molar-refractivity contribution in [1.82, 2.24) is 35.1 Å². The molecule has 0 spiro atoms. The van der Waals surface area contributed by atoms with E-state index in [1.54, 1.807) is 31.4 Å². The van der Waals surface area contributed by atoms with Gasteiger partial charge in [-0.05, 0) is 144 Å². The number of halogens is 9. The van der Waals surface area contributed by atoms with E-state index in [0.717, 1.165) is 115 Å². The number of benzene rings is 6. The number of amides is 2. The average molecular weight is 2010 g/mol. The number of carbonyl (C=O) groups excluding carboxylic acids is 4. The van der Waals surface area contributed by atoms with Gasteiger partial charge in [0.25, 0.3) is 0 Å². The molecule has 29 heteroatoms. The zero-order valence-electron chi connectivity index (χ0n) is 83.3. The number of nitrogens with one attached hydrogen (secondary N) is 1. The van der Waals surface area contributed by atoms with Crippen molar-refractivity contribution >= 4 is 132 Å². The van der Waals surface area contributed by atoms with Crippen molar-refractivity contribution < 1.29 is 78.1 Å². The molecule has 2 amide bonds. The van der Waals surface area contributed by atoms with Gasteiger partial charge in [-0.15, -0.1) is 11.6 Å². The summed E-state index contributed by atoms with van der Waals surface area (Å²) in [6, 6.07) is 75.5. The number of methoxy groups -OCH3 is 3. The molecule has 0 unspecified atom stereocenters. The van der Waals surface area contributed by atoms with Crippen LogP contribution in [0.3, 0.4) is 0 Å². The molecule has 723 valence electrons. The van der Waals surface area contributed by atoms with Crippen LogP contribution in [0, 0.1) is 12.7 Å². The quantitative estimate of drug-likeness (QED) is 0.0268. The van der Waals surface area contributed by atoms with Crippen LogP contribution in [0.4, 0.5) is 4.39 Å². The van der Waals surface area contributed by atoms with Crippen LogP contribution < -0.4 is 45.3 Å². The Labute approximate surface area is 858 Å². The van der Waals surface area contributed by atoms with Crippen LogP contribution in [0.5, 0.6) is 5.75 Å². The molecule has 3 radical (unpaired) electrons. The van der Waals surface area contributed by atoms with Crippen LogP contribution in [0.25, 0.3) is 0 Å². The van der Waals surface area contributed by atoms with Crippen LogP contribution in [0.2, 0.25) is 25.8 Å². The summed E-state index contributed by atoms with van der Waals surface area (Å²) in [5.74, 6) is -0.373. The minimum Gasteiger partial charge on any atom is -1.00 e. The Morgan fingerprint density at radius 1 is 0.447 bits per heavy atom. The first-order valence-electron chi connectivity index (χ1n) is 44.1. The average Bonchev–Trinajstić information content (AvgIpc) is 1.68. The van der Waals surface area contributed by atoms with Gasteiger partial charge < -0.3 is 36.7 Å². The number of aromatic nitrogens is 5. The first-order valence-corrected chi connectivity index (χ1v) is 49.3. The number of aliphatic hydroxyl groups excluding tert-OH is 1. The second kappa shape index (κ2) is 96.3. The van der Waals surface area contributed by atoms with Crippen molar-refractivity contribution in [2.75, 3.05) is 34.4 Å². The molecule has 2 fully saturated rings. The molecule has 2 saturated heterocycles. The largest absolute Gasteiger partial charge is 1.00 e. The third-order valence-corrected chi connectivity index (χ3v) is 16.9. The molecule has 2 aliphatic heterocycles. The standard InChI is InChI=1S/C17H17ClN2O.C14H12ClNO2.C13H11Cl2N.C13H12ClNO.C8H11NO.C7H5ClFNO2.C7H8.C4H7NO.10C2H6.B.Cl2OS.Na.H/c18-16-9-8-14(11-13-5-2-1-3-6-13)15(19-16)12-20-10-4-7-17(20)21;1-18-14(17)13-11(7-8-12(15)16-13)9-10-5-3-2-4-6-10;14-9-12-11(6-7-13(15)16-12)8-10-4-2-1-3-5-10;14-13-7-6-11(12(9-16)15-13)8-10-4-2-1-3-5-10;1-10-8-4-2-7(6-9)3-5-8;1-12-7(11)6-4(9)2-3-5(8)10-6;1-7-5-3-2-4-6-7;6-4-2-1-3-5-4;10*1-2;;1-4(2)3;;/h1-3,5-6,8-9H,4,7,10-12H2;2-8H,9H2,1H3;1-7H,8-9H2;1-7,16H,8-9H2;2-5H,6,9H2,1H3;2-3H,1H3;2-6H,1H3;1-3H2,(H,5,6);10*1-2H3;;;;/q;;;;;;;;;;;;;;;;;;;;+1;-1. The van der Waals surface area contributed by atoms with Crippen molar-refractivity contribution in [3.8, 4) is 5.75 Å². The Kier molecular flexibility index (Phi) is 102. The summed E-state index contributed by atoms with van der Waals surface area (Å²) in [6.45, 7) is 44.9. The minimum absolute atomic E-state index is 0. The Morgan fingerprint density at radius 2 is 0.765 bits per heavy atom. The molecule has 0 bridgehead atoms. The van der Waals surface area contributed by atoms with Gasteiger partial charge in [-0.25, -0.2) is 43.1 Å². The summed E-state index contributed by atoms with van der Waals surface area (Å²) in [6.07, 6.45) is 6.38. The van der Waals surface area contributed by atoms with E-state index in [1.807, 2.05) is 295 Å². The van der Waals surface area contributed by atoms with Gasteiger partial charge in [-0.1, -0.05) is 390 Å². The van der Waals surface area contributed by atoms with Crippen LogP contribution in [0.15, 0.2) is 237 Å². The van der Waals surface area contributed by atoms with E-state index in [2.05, 4.69) is 112 Å². The predicted molar refractivity (Wildman–Crippen MR) is 560 cm³/mol. The number of alkyl halides is 1. The van der Waals surface area contributed by atoms with Crippen LogP contribution in [-0.4, -0.2) is 106 Å². The molecule has 132 heavy (non-hydrogen) atoms. The second-order valence-electron chi connectivity index (χ2n) is 23.5. The molecule has 2 aliphatic rings. The van der Waals surface area contributed by atoms with Crippen LogP contribution in [0.1, 0.15) is 259 Å². The van der Waals surface area contributed by atoms with Gasteiger partial charge in [-0.3, -0.25) is 9.59 Å². The SMILES string of the molecule is CC.CC.CC.CC.CC.CC.CC.CC.CC.CC.COC(=O)c1nc(Cl)ccc1Cc1ccccc1.COC(=O)c1nc(Cl)ccc1F.COc1ccc(CN)cc1.Cc1ccccc1.ClCc1nc(Cl)ccc1Cc1ccccc1.O=C1CCCN1.O=C1CCCN1Cc1nc(Cl)ccc1Cc1ccccc1.O=S(Cl)Cl.OCc1nc(Cl)ccc1Cc1ccccc1.[B].[H-].[Na+]. The number of nitrogens with zero attached hydrogens (tertiary/aromatic N) is 6. The normalized spacial score (nSPS) is 9.95. The number of aliphatic hydroxyl groups is 1. The summed E-state index contributed by atoms with van der Waals surface area (Å²) in [5, 5.41) is 13.6. The topological polar surface area (TPSA) is 239 Å². The number of ether oxygens (including phenoxy) is 3. The van der Waals surface area contributed by atoms with Crippen LogP contribution >= 0.6 is 91.0 Å². The summed E-state index contributed by atoms with van der Waals surface area (Å²) < 4.78 is 35.8. The van der Waals surface area contributed by atoms with E-state index in [0.29, 0.717) is 53.0 Å². The number of likely N-dealkylation sites (tertiary alicyclic amines) is 1. The summed E-state index contributed by atoms with van der Waals surface area (Å²) in [4.78, 5) is 66.5. The zero-order chi connectivity index (χ0) is 100. The maximum Gasteiger partial charge on any atom is 1.00 e. The van der Waals surface area contributed by atoms with E-state index >= 15 is 0 Å². The Balaban J connectivity index is -0.000000185. The fourth-order valence-electron chi connectivity index (χ4n) is 10.1. The van der Waals surface area contributed by atoms with Gasteiger partial charge in [0.15, 0.2) is 17.2 Å². The smallest absolute Gasteiger partial charge is 1.00 e. The van der Waals surface area contributed by atoms with Gasteiger partial charge in [-0.2, -0.15) is 0 Å². The van der Waals surface area contributed by atoms with Gasteiger partial charge in [0.2, 0.25) is 21.0 Å². The first-order chi connectivity index (χ1) is 63.0. The van der Waals surface area contributed by atoms with Gasteiger partial charge in [0, 0.05) is 62.3 Å². The van der Waals surface area contributed by atoms with E-state index in [1.165, 1.54) is 35.4 Å². The van der Waals surface area contributed by atoms with E-state index in [4.69, 9.17) is 89.0 Å². The first kappa shape index (κ1) is 140. The summed E-state index contributed by atoms with van der Waals surface area (Å²) in [5.41, 5.74) is 19.0. The number of nitrogens with two attached hydrogens (primary N) is 1. The predicted octanol–water partition coefficient (Wildman–Crippen LogP) is 26.2. The van der Waals surface area contributed by atoms with Gasteiger partial charge >= 0.3 is 41.5 Å². The molecule has 4 N–H and O–H groups in total. The maximum atomic E-state index is 12.8. The fourth-order valence-corrected chi connectivity index (χ4v) is 11.1. The molecule has 0 saturated carbocycles. The molecule has 5 aromatic heterocycles. The molecule has 11 aromatic rings. The van der Waals surface area contributed by atoms with E-state index in [9.17, 15) is 28.7 Å². The number of pyridine rings is 5. The Bertz CT molecular complexity index is 4510. The van der Waals surface area contributed by atoms with Gasteiger partial charge in [0.05, 0.1) is 57.4 Å². The molecule has 0 aliphatic carbocycles. The number of hydrogen-bond acceptors (Lipinski definition) is 15. The van der Waals surface area contributed by atoms with E-state index < -0.39 is 32.7 Å². The number of aryl methyl sites for hydroxylation is 1. The monoisotopic (exact) mass is 2000 g/mol. The van der Waals surface area contributed by atoms with Crippen LogP contribution in [-0.2, 0) is 79.5 Å². The van der Waals surface area contributed by atoms with Gasteiger partial charge in [0.1, 0.15) is 31.5 Å². The number of esters is 2. The molecule has 0 atom stereocenters. The van der Waals surface area contributed by atoms with E-state index in [-0.39, 0.29) is 73.8 Å². The molecule has 7 heterocycles. The molecule has 13 rings (SSSR count). The maximum absolute atomic E-state index is 12.8. The van der Waals surface area contributed by atoms with Crippen molar-refractivity contribution in [1.29, 1.82) is 0 Å². The second-order valence-corrected chi connectivity index (χ2v) is 28.2. The summed E-state index contributed by atoms with van der Waals surface area (Å²) >= 11 is 34.7. The Morgan fingerprint density at radius 3 is 1.07 bits per heavy atom. The number of hydrogen-bond donors (Lipinski definition) is 3. The molecular formula is C103H144BCl8FN8NaO9S. The van der Waals surface area contributed by atoms with Crippen molar-refractivity contribution in [2.24, 2.45) is 5.73 Å². The minimum atomic E-state index is -1.67. The Hall–Kier alpha value is -7.87. The third-order valence-electron chi connectivity index (χ3n) is 15.6. The summed E-state index contributed by atoms with van der Waals surface area (Å²) in [7, 11) is 11.5. The molecule has 17 nitrogen and oxygen atoms in total. The van der Waals surface area contributed by atoms with Crippen molar-refractivity contribution in [3.05, 3.63) is 352 Å². The zero-order valence-corrected chi connectivity index (χ0v) is 91.1. The number of carbonyl (C=O) groups is 4. The fraction of sp³-hybridized carbons (Fsp3) is 0.369. The van der Waals surface area contributed by atoms with Crippen molar-refractivity contribution in [3.63, 3.8) is 0 Å². The number of rotatable bonds is 16. The molecule has 6 aromatic carbocycles. The molecular weight excluding hydrogens is 1860 g/mol.